The van der Waals surface area contributed by atoms with Crippen molar-refractivity contribution in [3.63, 3.8) is 0 Å². The number of piperidine rings is 1. The van der Waals surface area contributed by atoms with Crippen LogP contribution in [0.25, 0.3) is 0 Å². The Morgan fingerprint density at radius 2 is 2.14 bits per heavy atom. The monoisotopic (exact) mass is 531 g/mol. The summed E-state index contributed by atoms with van der Waals surface area (Å²) in [6.45, 7) is 8.08. The number of carbonyl (C=O) groups is 1. The van der Waals surface area contributed by atoms with Crippen LogP contribution in [0.5, 0.6) is 0 Å². The molecule has 1 unspecified atom stereocenters. The van der Waals surface area contributed by atoms with Gasteiger partial charge in [0, 0.05) is 43.5 Å². The van der Waals surface area contributed by atoms with Gasteiger partial charge >= 0.3 is 0 Å². The van der Waals surface area contributed by atoms with E-state index in [1.54, 1.807) is 17.8 Å². The maximum absolute atomic E-state index is 15.4. The summed E-state index contributed by atoms with van der Waals surface area (Å²) in [6, 6.07) is 8.04. The Morgan fingerprint density at radius 3 is 2.86 bits per heavy atom. The molecule has 2 aliphatic heterocycles. The highest BCUT2D eigenvalue weighted by molar-refractivity contribution is 6.72. The van der Waals surface area contributed by atoms with Crippen LogP contribution in [0.2, 0.25) is 18.6 Å². The van der Waals surface area contributed by atoms with Crippen LogP contribution in [-0.4, -0.2) is 66.3 Å². The predicted octanol–water partition coefficient (Wildman–Crippen LogP) is 3.72. The molecule has 3 heterocycles. The molecule has 0 bridgehead atoms. The quantitative estimate of drug-likeness (QED) is 0.302. The first kappa shape index (κ1) is 27.9. The molecule has 0 spiro atoms. The number of amides is 1. The lowest BCUT2D eigenvalue weighted by Gasteiger charge is -2.28. The summed E-state index contributed by atoms with van der Waals surface area (Å²) < 4.78 is 23.7. The number of carbonyl (C=O) groups excluding carboxylic acids is 1. The number of anilines is 1. The number of halogens is 1. The smallest absolute Gasteiger partial charge is 0.246 e. The molecule has 2 aliphatic rings. The molecule has 2 fully saturated rings. The zero-order valence-corrected chi connectivity index (χ0v) is 23.3. The Morgan fingerprint density at radius 1 is 1.30 bits per heavy atom. The molecule has 2 saturated heterocycles. The minimum absolute atomic E-state index is 0.00946. The van der Waals surface area contributed by atoms with E-state index in [9.17, 15) is 4.79 Å². The van der Waals surface area contributed by atoms with Gasteiger partial charge in [-0.1, -0.05) is 24.3 Å². The van der Waals surface area contributed by atoms with E-state index in [0.29, 0.717) is 19.4 Å². The van der Waals surface area contributed by atoms with Crippen LogP contribution in [0.3, 0.4) is 0 Å². The zero-order valence-electron chi connectivity index (χ0n) is 22.3. The Kier molecular flexibility index (Phi) is 9.50. The van der Waals surface area contributed by atoms with E-state index in [2.05, 4.69) is 33.9 Å². The van der Waals surface area contributed by atoms with E-state index >= 15 is 4.11 Å². The van der Waals surface area contributed by atoms with Gasteiger partial charge in [-0.05, 0) is 75.4 Å². The number of hydrogen-bond donors (Lipinski definition) is 3. The predicted molar refractivity (Wildman–Crippen MR) is 145 cm³/mol. The number of benzene rings is 1. The van der Waals surface area contributed by atoms with Crippen LogP contribution >= 0.6 is 0 Å². The second kappa shape index (κ2) is 12.6. The average Bonchev–Trinajstić information content (AvgIpc) is 3.45. The van der Waals surface area contributed by atoms with Crippen molar-refractivity contribution in [3.05, 3.63) is 41.7 Å². The third-order valence-electron chi connectivity index (χ3n) is 7.87. The fourth-order valence-corrected chi connectivity index (χ4v) is 8.61. The van der Waals surface area contributed by atoms with Crippen LogP contribution < -0.4 is 10.6 Å². The maximum atomic E-state index is 15.4. The molecule has 3 N–H and O–H groups in total. The minimum Gasteiger partial charge on any atom is -0.396 e. The van der Waals surface area contributed by atoms with Crippen molar-refractivity contribution in [2.75, 3.05) is 25.0 Å². The van der Waals surface area contributed by atoms with E-state index in [-0.39, 0.29) is 42.1 Å². The van der Waals surface area contributed by atoms with Gasteiger partial charge in [0.1, 0.15) is 0 Å². The number of hydrogen-bond acceptors (Lipinski definition) is 6. The molecule has 4 rings (SSSR count). The number of aliphatic hydroxyl groups is 1. The van der Waals surface area contributed by atoms with Gasteiger partial charge in [-0.25, -0.2) is 0 Å². The van der Waals surface area contributed by atoms with E-state index in [1.165, 1.54) is 0 Å². The lowest BCUT2D eigenvalue weighted by Crippen LogP contribution is -2.37. The molecule has 0 radical (unpaired) electrons. The van der Waals surface area contributed by atoms with Gasteiger partial charge in [0.15, 0.2) is 0 Å². The van der Waals surface area contributed by atoms with Crippen molar-refractivity contribution in [2.24, 2.45) is 11.8 Å². The van der Waals surface area contributed by atoms with Crippen LogP contribution in [0.1, 0.15) is 43.9 Å². The van der Waals surface area contributed by atoms with E-state index in [4.69, 9.17) is 9.84 Å². The van der Waals surface area contributed by atoms with E-state index in [0.717, 1.165) is 55.7 Å². The zero-order chi connectivity index (χ0) is 26.4. The Labute approximate surface area is 220 Å². The molecular formula is C27H42FN5O3Si. The fourth-order valence-electron chi connectivity index (χ4n) is 6.02. The summed E-state index contributed by atoms with van der Waals surface area (Å²) >= 11 is 0. The molecule has 204 valence electrons. The first-order valence-electron chi connectivity index (χ1n) is 13.7. The average molecular weight is 532 g/mol. The number of nitrogens with one attached hydrogen (secondary N) is 2. The van der Waals surface area contributed by atoms with Gasteiger partial charge in [0.2, 0.25) is 14.3 Å². The second-order valence-corrected chi connectivity index (χ2v) is 15.0. The Bertz CT molecular complexity index is 1020. The lowest BCUT2D eigenvalue weighted by molar-refractivity contribution is -0.120. The van der Waals surface area contributed by atoms with Gasteiger partial charge in [-0.15, -0.1) is 5.10 Å². The van der Waals surface area contributed by atoms with E-state index < -0.39 is 8.41 Å². The van der Waals surface area contributed by atoms with Crippen LogP contribution in [0.15, 0.2) is 30.5 Å². The van der Waals surface area contributed by atoms with Gasteiger partial charge in [-0.2, -0.15) is 0 Å². The fraction of sp³-hybridized carbons (Fsp3) is 0.667. The third-order valence-corrected chi connectivity index (χ3v) is 10.4. The first-order chi connectivity index (χ1) is 17.7. The highest BCUT2D eigenvalue weighted by atomic mass is 28.4. The first-order valence-corrected chi connectivity index (χ1v) is 16.6. The molecule has 1 amide bonds. The molecule has 1 aromatic carbocycles. The molecule has 8 nitrogen and oxygen atoms in total. The van der Waals surface area contributed by atoms with Gasteiger partial charge in [0.05, 0.1) is 23.8 Å². The second-order valence-electron chi connectivity index (χ2n) is 11.2. The SMILES string of the molecule is C[C@H]1[C@H]([Si](C)(C)F)[C@@H](CCn2cc(CCO)nn2)O[C@H]1CCc1cccc(NC(=O)C2CCCNC2)c1. The molecule has 1 aromatic heterocycles. The summed E-state index contributed by atoms with van der Waals surface area (Å²) in [5, 5.41) is 23.7. The highest BCUT2D eigenvalue weighted by Crippen LogP contribution is 2.47. The normalized spacial score (nSPS) is 26.4. The molecule has 2 aromatic rings. The molecule has 0 aliphatic carbocycles. The van der Waals surface area contributed by atoms with Crippen molar-refractivity contribution in [1.82, 2.24) is 20.3 Å². The van der Waals surface area contributed by atoms with Crippen molar-refractivity contribution < 1.29 is 18.7 Å². The summed E-state index contributed by atoms with van der Waals surface area (Å²) in [5.41, 5.74) is 2.65. The van der Waals surface area contributed by atoms with Crippen molar-refractivity contribution in [3.8, 4) is 0 Å². The number of aryl methyl sites for hydroxylation is 2. The highest BCUT2D eigenvalue weighted by Gasteiger charge is 2.50. The summed E-state index contributed by atoms with van der Waals surface area (Å²) in [7, 11) is -2.95. The van der Waals surface area contributed by atoms with Crippen LogP contribution in [0, 0.1) is 11.8 Å². The van der Waals surface area contributed by atoms with Gasteiger partial charge in [-0.3, -0.25) is 9.48 Å². The van der Waals surface area contributed by atoms with Crippen molar-refractivity contribution in [2.45, 2.75) is 82.8 Å². The van der Waals surface area contributed by atoms with Gasteiger partial charge in [0.25, 0.3) is 0 Å². The minimum atomic E-state index is -2.95. The topological polar surface area (TPSA) is 101 Å². The van der Waals surface area contributed by atoms with Crippen molar-refractivity contribution in [1.29, 1.82) is 0 Å². The van der Waals surface area contributed by atoms with Crippen LogP contribution in [0.4, 0.5) is 9.80 Å². The molecular weight excluding hydrogens is 489 g/mol. The lowest BCUT2D eigenvalue weighted by atomic mass is 9.95. The standard InChI is InChI=1S/C27H42FN5O3Si/c1-19-24(10-9-20-6-4-8-22(16-20)30-27(35)21-7-5-13-29-17-21)36-25(26(19)37(2,3)28)11-14-33-18-23(12-15-34)31-32-33/h4,6,8,16,18-19,21,24-26,29,34H,5,7,9-15,17H2,1-3H3,(H,30,35)/t19-,21?,24+,25-,26+/m1/s1. The summed E-state index contributed by atoms with van der Waals surface area (Å²) in [4.78, 5) is 12.6. The number of rotatable bonds is 11. The van der Waals surface area contributed by atoms with Crippen molar-refractivity contribution >= 4 is 20.0 Å². The third kappa shape index (κ3) is 7.46. The molecule has 10 heteroatoms. The van der Waals surface area contributed by atoms with Crippen LogP contribution in [-0.2, 0) is 28.9 Å². The number of aliphatic hydroxyl groups excluding tert-OH is 1. The number of aromatic nitrogens is 3. The summed E-state index contributed by atoms with van der Waals surface area (Å²) in [5.74, 6) is 0.235. The van der Waals surface area contributed by atoms with E-state index in [1.807, 2.05) is 24.4 Å². The Hall–Kier alpha value is -2.14. The largest absolute Gasteiger partial charge is 0.396 e. The molecule has 0 saturated carbocycles. The molecule has 37 heavy (non-hydrogen) atoms. The maximum Gasteiger partial charge on any atom is 0.246 e. The Balaban J connectivity index is 1.34. The number of nitrogens with zero attached hydrogens (tertiary/aromatic N) is 3. The number of ether oxygens (including phenoxy) is 1. The molecule has 5 atom stereocenters. The van der Waals surface area contributed by atoms with Gasteiger partial charge < -0.3 is 24.6 Å². The summed E-state index contributed by atoms with van der Waals surface area (Å²) in [6.07, 6.45) is 6.43.